The number of anilines is 1. The smallest absolute Gasteiger partial charge is 0.0858 e. The van der Waals surface area contributed by atoms with Crippen LogP contribution in [0.1, 0.15) is 24.1 Å². The zero-order valence-electron chi connectivity index (χ0n) is 15.0. The molecule has 5 heteroatoms. The highest BCUT2D eigenvalue weighted by molar-refractivity contribution is 6.35. The van der Waals surface area contributed by atoms with E-state index < -0.39 is 0 Å². The van der Waals surface area contributed by atoms with Gasteiger partial charge in [-0.25, -0.2) is 0 Å². The van der Waals surface area contributed by atoms with Crippen molar-refractivity contribution in [1.29, 1.82) is 0 Å². The average molecular weight is 367 g/mol. The number of likely N-dealkylation sites (tertiary alicyclic amines) is 1. The van der Waals surface area contributed by atoms with Crippen molar-refractivity contribution in [2.45, 2.75) is 24.8 Å². The van der Waals surface area contributed by atoms with Crippen LogP contribution in [0.3, 0.4) is 0 Å². The Labute approximate surface area is 158 Å². The fraction of sp³-hybridized carbons (Fsp3) is 0.381. The predicted molar refractivity (Wildman–Crippen MR) is 107 cm³/mol. The summed E-state index contributed by atoms with van der Waals surface area (Å²) in [7, 11) is 1.99. The average Bonchev–Trinajstić information content (AvgIpc) is 3.17. The van der Waals surface area contributed by atoms with Crippen LogP contribution in [-0.2, 0) is 19.0 Å². The van der Waals surface area contributed by atoms with Crippen molar-refractivity contribution in [3.8, 4) is 0 Å². The molecule has 2 aliphatic heterocycles. The maximum atomic E-state index is 6.47. The molecule has 3 aromatic rings. The van der Waals surface area contributed by atoms with E-state index in [1.165, 1.54) is 24.1 Å². The normalized spacial score (nSPS) is 19.0. The molecular formula is C21H23ClN4. The van der Waals surface area contributed by atoms with E-state index >= 15 is 0 Å². The van der Waals surface area contributed by atoms with Gasteiger partial charge in [0, 0.05) is 36.6 Å². The minimum absolute atomic E-state index is 0.303. The summed E-state index contributed by atoms with van der Waals surface area (Å²) in [6, 6.07) is 14.8. The first-order valence-electron chi connectivity index (χ1n) is 9.32. The number of aromatic nitrogens is 2. The maximum absolute atomic E-state index is 6.47. The van der Waals surface area contributed by atoms with Gasteiger partial charge in [0.1, 0.15) is 0 Å². The monoisotopic (exact) mass is 366 g/mol. The fourth-order valence-electron chi connectivity index (χ4n) is 4.72. The zero-order chi connectivity index (χ0) is 17.7. The summed E-state index contributed by atoms with van der Waals surface area (Å²) in [5, 5.41) is 10.3. The molecular weight excluding hydrogens is 344 g/mol. The molecule has 0 radical (unpaired) electrons. The molecule has 4 nitrogen and oxygen atoms in total. The van der Waals surface area contributed by atoms with Crippen LogP contribution < -0.4 is 5.32 Å². The van der Waals surface area contributed by atoms with E-state index in [1.54, 1.807) is 0 Å². The van der Waals surface area contributed by atoms with Crippen molar-refractivity contribution in [2.75, 3.05) is 25.0 Å². The van der Waals surface area contributed by atoms with E-state index in [0.717, 1.165) is 47.8 Å². The summed E-state index contributed by atoms with van der Waals surface area (Å²) in [6.45, 7) is 4.13. The van der Waals surface area contributed by atoms with Gasteiger partial charge in [-0.2, -0.15) is 5.10 Å². The van der Waals surface area contributed by atoms with Crippen LogP contribution in [0.15, 0.2) is 42.5 Å². The second-order valence-corrected chi connectivity index (χ2v) is 8.07. The lowest BCUT2D eigenvalue weighted by atomic mass is 9.74. The Bertz CT molecular complexity index is 969. The Kier molecular flexibility index (Phi) is 3.73. The molecule has 0 amide bonds. The molecule has 1 aromatic heterocycles. The Hall–Kier alpha value is -2.04. The van der Waals surface area contributed by atoms with E-state index in [1.807, 2.05) is 23.9 Å². The Morgan fingerprint density at radius 1 is 1.12 bits per heavy atom. The van der Waals surface area contributed by atoms with Crippen molar-refractivity contribution in [3.63, 3.8) is 0 Å². The Balaban J connectivity index is 1.36. The van der Waals surface area contributed by atoms with Gasteiger partial charge in [-0.15, -0.1) is 0 Å². The minimum atomic E-state index is 0.303. The van der Waals surface area contributed by atoms with E-state index in [0.29, 0.717) is 5.41 Å². The predicted octanol–water partition coefficient (Wildman–Crippen LogP) is 4.19. The summed E-state index contributed by atoms with van der Waals surface area (Å²) in [5.41, 5.74) is 5.33. The second kappa shape index (κ2) is 6.00. The molecule has 2 aliphatic rings. The highest BCUT2D eigenvalue weighted by atomic mass is 35.5. The SMILES string of the molecule is Cn1nc(CN2CCC3(CC2)CNc2ccccc23)c2c(Cl)cccc21. The maximum Gasteiger partial charge on any atom is 0.0858 e. The van der Waals surface area contributed by atoms with Crippen LogP contribution in [0, 0.1) is 0 Å². The minimum Gasteiger partial charge on any atom is -0.384 e. The number of para-hydroxylation sites is 1. The van der Waals surface area contributed by atoms with Gasteiger partial charge in [0.15, 0.2) is 0 Å². The molecule has 0 bridgehead atoms. The van der Waals surface area contributed by atoms with Crippen molar-refractivity contribution < 1.29 is 0 Å². The van der Waals surface area contributed by atoms with Gasteiger partial charge in [-0.05, 0) is 49.7 Å². The van der Waals surface area contributed by atoms with E-state index in [-0.39, 0.29) is 0 Å². The number of rotatable bonds is 2. The number of halogens is 1. The lowest BCUT2D eigenvalue weighted by Gasteiger charge is -2.39. The molecule has 1 N–H and O–H groups in total. The fourth-order valence-corrected chi connectivity index (χ4v) is 5.00. The summed E-state index contributed by atoms with van der Waals surface area (Å²) >= 11 is 6.47. The lowest BCUT2D eigenvalue weighted by Crippen LogP contribution is -2.43. The molecule has 5 rings (SSSR count). The van der Waals surface area contributed by atoms with Crippen LogP contribution in [-0.4, -0.2) is 34.3 Å². The van der Waals surface area contributed by atoms with Crippen LogP contribution in [0.25, 0.3) is 10.9 Å². The first-order chi connectivity index (χ1) is 12.7. The number of hydrogen-bond donors (Lipinski definition) is 1. The molecule has 1 fully saturated rings. The molecule has 3 heterocycles. The highest BCUT2D eigenvalue weighted by Crippen LogP contribution is 2.44. The number of fused-ring (bicyclic) bond motifs is 3. The lowest BCUT2D eigenvalue weighted by molar-refractivity contribution is 0.161. The van der Waals surface area contributed by atoms with Gasteiger partial charge in [-0.3, -0.25) is 9.58 Å². The number of aryl methyl sites for hydroxylation is 1. The second-order valence-electron chi connectivity index (χ2n) is 7.66. The molecule has 2 aromatic carbocycles. The largest absolute Gasteiger partial charge is 0.384 e. The molecule has 1 spiro atoms. The van der Waals surface area contributed by atoms with Crippen molar-refractivity contribution in [1.82, 2.24) is 14.7 Å². The molecule has 0 aliphatic carbocycles. The highest BCUT2D eigenvalue weighted by Gasteiger charge is 2.41. The number of nitrogens with zero attached hydrogens (tertiary/aromatic N) is 3. The van der Waals surface area contributed by atoms with Gasteiger partial charge in [-0.1, -0.05) is 35.9 Å². The van der Waals surface area contributed by atoms with Gasteiger partial charge in [0.05, 0.1) is 16.2 Å². The van der Waals surface area contributed by atoms with Crippen LogP contribution in [0.5, 0.6) is 0 Å². The first-order valence-corrected chi connectivity index (χ1v) is 9.70. The standard InChI is InChI=1S/C21H23ClN4/c1-25-19-8-4-6-16(22)20(19)18(24-25)13-26-11-9-21(10-12-26)14-23-17-7-3-2-5-15(17)21/h2-8,23H,9-14H2,1H3. The van der Waals surface area contributed by atoms with Gasteiger partial charge < -0.3 is 5.32 Å². The number of piperidine rings is 1. The summed E-state index contributed by atoms with van der Waals surface area (Å²) in [5.74, 6) is 0. The van der Waals surface area contributed by atoms with Gasteiger partial charge >= 0.3 is 0 Å². The van der Waals surface area contributed by atoms with E-state index in [2.05, 4.69) is 40.5 Å². The van der Waals surface area contributed by atoms with E-state index in [9.17, 15) is 0 Å². The third-order valence-corrected chi connectivity index (χ3v) is 6.52. The Morgan fingerprint density at radius 2 is 1.92 bits per heavy atom. The van der Waals surface area contributed by atoms with Crippen molar-refractivity contribution in [3.05, 3.63) is 58.7 Å². The number of hydrogen-bond acceptors (Lipinski definition) is 3. The number of benzene rings is 2. The molecule has 134 valence electrons. The quantitative estimate of drug-likeness (QED) is 0.738. The Morgan fingerprint density at radius 3 is 2.77 bits per heavy atom. The topological polar surface area (TPSA) is 33.1 Å². The van der Waals surface area contributed by atoms with Crippen molar-refractivity contribution in [2.24, 2.45) is 7.05 Å². The van der Waals surface area contributed by atoms with Crippen molar-refractivity contribution >= 4 is 28.2 Å². The summed E-state index contributed by atoms with van der Waals surface area (Å²) < 4.78 is 1.94. The van der Waals surface area contributed by atoms with Gasteiger partial charge in [0.25, 0.3) is 0 Å². The molecule has 26 heavy (non-hydrogen) atoms. The number of nitrogens with one attached hydrogen (secondary N) is 1. The third kappa shape index (κ3) is 2.43. The molecule has 0 saturated carbocycles. The molecule has 0 atom stereocenters. The molecule has 0 unspecified atom stereocenters. The van der Waals surface area contributed by atoms with Crippen LogP contribution in [0.2, 0.25) is 5.02 Å². The third-order valence-electron chi connectivity index (χ3n) is 6.20. The van der Waals surface area contributed by atoms with E-state index in [4.69, 9.17) is 16.7 Å². The summed E-state index contributed by atoms with van der Waals surface area (Å²) in [6.07, 6.45) is 2.38. The first kappa shape index (κ1) is 16.2. The van der Waals surface area contributed by atoms with Gasteiger partial charge in [0.2, 0.25) is 0 Å². The summed E-state index contributed by atoms with van der Waals surface area (Å²) in [4.78, 5) is 2.53. The van der Waals surface area contributed by atoms with Crippen LogP contribution >= 0.6 is 11.6 Å². The zero-order valence-corrected chi connectivity index (χ0v) is 15.8. The molecule has 1 saturated heterocycles. The van der Waals surface area contributed by atoms with Crippen LogP contribution in [0.4, 0.5) is 5.69 Å².